The second-order valence-corrected chi connectivity index (χ2v) is 7.20. The molecule has 0 amide bonds. The van der Waals surface area contributed by atoms with E-state index in [-0.39, 0.29) is 32.0 Å². The highest BCUT2D eigenvalue weighted by Crippen LogP contribution is 2.11. The maximum atomic E-state index is 11.9. The SMILES string of the molecule is CC#CC#CC#CC#CC#CC(=O)OC[C@H](CO)OC(=O)CCCCCCCCCCCC.N.[HH].[HH].[HH].[HH].[HH].[HH].[HH].[HH].[HH]. The number of esters is 2. The van der Waals surface area contributed by atoms with Gasteiger partial charge >= 0.3 is 11.9 Å². The molecule has 0 spiro atoms. The quantitative estimate of drug-likeness (QED) is 0.124. The van der Waals surface area contributed by atoms with Crippen LogP contribution in [0.25, 0.3) is 0 Å². The Morgan fingerprint density at radius 3 is 1.82 bits per heavy atom. The Bertz CT molecular complexity index is 914. The van der Waals surface area contributed by atoms with E-state index in [1.165, 1.54) is 44.9 Å². The van der Waals surface area contributed by atoms with Gasteiger partial charge in [-0.3, -0.25) is 4.79 Å². The second kappa shape index (κ2) is 25.9. The Morgan fingerprint density at radius 2 is 1.29 bits per heavy atom. The lowest BCUT2D eigenvalue weighted by atomic mass is 10.1. The van der Waals surface area contributed by atoms with Crippen LogP contribution in [0.15, 0.2) is 0 Å². The van der Waals surface area contributed by atoms with Crippen LogP contribution in [0.5, 0.6) is 0 Å². The maximum absolute atomic E-state index is 11.9. The van der Waals surface area contributed by atoms with Gasteiger partial charge in [0.1, 0.15) is 6.61 Å². The second-order valence-electron chi connectivity index (χ2n) is 7.20. The van der Waals surface area contributed by atoms with Crippen LogP contribution >= 0.6 is 0 Å². The van der Waals surface area contributed by atoms with Crippen LogP contribution < -0.4 is 6.15 Å². The molecule has 0 rings (SSSR count). The minimum atomic E-state index is -0.909. The van der Waals surface area contributed by atoms with E-state index < -0.39 is 24.6 Å². The monoisotopic (exact) mass is 485 g/mol. The largest absolute Gasteiger partial charge is 0.456 e. The van der Waals surface area contributed by atoms with Crippen LogP contribution in [0.1, 0.15) is 97.3 Å². The smallest absolute Gasteiger partial charge is 0.385 e. The normalized spacial score (nSPS) is 9.26. The number of rotatable bonds is 15. The van der Waals surface area contributed by atoms with Gasteiger partial charge in [-0.25, -0.2) is 4.79 Å². The van der Waals surface area contributed by atoms with Gasteiger partial charge in [0.05, 0.1) is 6.61 Å². The minimum absolute atomic E-state index is 0. The fourth-order valence-electron chi connectivity index (χ4n) is 2.66. The van der Waals surface area contributed by atoms with Gasteiger partial charge in [0, 0.05) is 25.2 Å². The molecule has 202 valence electrons. The molecule has 4 N–H and O–H groups in total. The van der Waals surface area contributed by atoms with Crippen molar-refractivity contribution >= 4 is 11.9 Å². The lowest BCUT2D eigenvalue weighted by Crippen LogP contribution is -2.28. The number of aliphatic hydroxyl groups excluding tert-OH is 1. The van der Waals surface area contributed by atoms with Crippen molar-refractivity contribution in [2.24, 2.45) is 0 Å². The Balaban J connectivity index is -0.000000114. The Morgan fingerprint density at radius 1 is 0.794 bits per heavy atom. The molecule has 6 nitrogen and oxygen atoms in total. The summed E-state index contributed by atoms with van der Waals surface area (Å²) in [7, 11) is 0. The Kier molecular flexibility index (Phi) is 25.0. The summed E-state index contributed by atoms with van der Waals surface area (Å²) < 4.78 is 10.0. The molecule has 0 aromatic carbocycles. The summed E-state index contributed by atoms with van der Waals surface area (Å²) >= 11 is 0. The topological polar surface area (TPSA) is 108 Å². The van der Waals surface area contributed by atoms with E-state index >= 15 is 0 Å². The first kappa shape index (κ1) is 32.8. The predicted octanol–water partition coefficient (Wildman–Crippen LogP) is 6.16. The number of hydrogen-bond acceptors (Lipinski definition) is 6. The van der Waals surface area contributed by atoms with Gasteiger partial charge < -0.3 is 20.7 Å². The predicted molar refractivity (Wildman–Crippen MR) is 153 cm³/mol. The van der Waals surface area contributed by atoms with Gasteiger partial charge in [0.2, 0.25) is 0 Å². The third-order valence-electron chi connectivity index (χ3n) is 4.36. The fraction of sp³-hybridized carbons (Fsp3) is 0.571. The van der Waals surface area contributed by atoms with Crippen molar-refractivity contribution in [2.75, 3.05) is 13.2 Å². The van der Waals surface area contributed by atoms with Crippen LogP contribution in [0.4, 0.5) is 0 Å². The molecule has 1 atom stereocenters. The molecule has 0 aromatic heterocycles. The zero-order valence-electron chi connectivity index (χ0n) is 20.6. The molecule has 0 heterocycles. The highest BCUT2D eigenvalue weighted by Gasteiger charge is 2.15. The molecular weight excluding hydrogens is 430 g/mol. The fourth-order valence-corrected chi connectivity index (χ4v) is 2.66. The van der Waals surface area contributed by atoms with E-state index in [0.717, 1.165) is 19.3 Å². The van der Waals surface area contributed by atoms with Gasteiger partial charge in [-0.1, -0.05) is 70.6 Å². The molecule has 0 aliphatic rings. The van der Waals surface area contributed by atoms with Crippen LogP contribution in [-0.2, 0) is 19.1 Å². The van der Waals surface area contributed by atoms with Crippen molar-refractivity contribution in [1.82, 2.24) is 6.15 Å². The average molecular weight is 486 g/mol. The van der Waals surface area contributed by atoms with E-state index in [1.54, 1.807) is 6.92 Å². The molecule has 6 heteroatoms. The number of unbranched alkanes of at least 4 members (excludes halogenated alkanes) is 9. The number of carbonyl (C=O) groups excluding carboxylic acids is 2. The lowest BCUT2D eigenvalue weighted by Gasteiger charge is -2.14. The van der Waals surface area contributed by atoms with Crippen LogP contribution in [-0.4, -0.2) is 36.4 Å². The van der Waals surface area contributed by atoms with Gasteiger partial charge in [0.25, 0.3) is 0 Å². The van der Waals surface area contributed by atoms with Crippen molar-refractivity contribution in [3.8, 4) is 59.2 Å². The summed E-state index contributed by atoms with van der Waals surface area (Å²) in [4.78, 5) is 23.5. The Labute approximate surface area is 218 Å². The van der Waals surface area contributed by atoms with Crippen LogP contribution in [0.3, 0.4) is 0 Å². The van der Waals surface area contributed by atoms with Crippen molar-refractivity contribution in [2.45, 2.75) is 90.6 Å². The molecule has 34 heavy (non-hydrogen) atoms. The van der Waals surface area contributed by atoms with Crippen LogP contribution in [0.2, 0.25) is 0 Å². The van der Waals surface area contributed by atoms with E-state index in [1.807, 2.05) is 0 Å². The maximum Gasteiger partial charge on any atom is 0.385 e. The number of aliphatic hydroxyl groups is 1. The van der Waals surface area contributed by atoms with Crippen molar-refractivity contribution in [3.05, 3.63) is 0 Å². The molecule has 0 aromatic rings. The zero-order valence-corrected chi connectivity index (χ0v) is 20.6. The van der Waals surface area contributed by atoms with Gasteiger partial charge in [0.15, 0.2) is 6.10 Å². The average Bonchev–Trinajstić information content (AvgIpc) is 2.81. The standard InChI is InChI=1S/C28H34O5.H3N.9H2/c1-3-5-7-9-11-13-15-17-19-21-23-28(31)33-26(24-29)25-32-27(30)22-20-18-16-14-12-10-8-6-4-2;;;;;;;;;;/h26,29H,3,5,7,9,11,13,15,17,19,21,23-25H2,1-2H3;1H3;9*1H/t26-;;;;;;;;;;/m0........../s1. The molecule has 0 bridgehead atoms. The van der Waals surface area contributed by atoms with Gasteiger partial charge in [-0.15, -0.1) is 0 Å². The molecular formula is C28H55NO5. The summed E-state index contributed by atoms with van der Waals surface area (Å²) in [6.45, 7) is 3.18. The molecule has 0 saturated carbocycles. The highest BCUT2D eigenvalue weighted by molar-refractivity contribution is 5.89. The van der Waals surface area contributed by atoms with Crippen LogP contribution in [0, 0.1) is 59.2 Å². The first-order valence-electron chi connectivity index (χ1n) is 11.5. The van der Waals surface area contributed by atoms with Gasteiger partial charge in [-0.05, 0) is 60.7 Å². The summed E-state index contributed by atoms with van der Waals surface area (Å²) in [5.74, 6) is 23.0. The summed E-state index contributed by atoms with van der Waals surface area (Å²) in [6, 6.07) is 0. The van der Waals surface area contributed by atoms with Crippen molar-refractivity contribution in [3.63, 3.8) is 0 Å². The number of hydrogen-bond donors (Lipinski definition) is 2. The first-order chi connectivity index (χ1) is 16.1. The van der Waals surface area contributed by atoms with E-state index in [2.05, 4.69) is 66.1 Å². The summed E-state index contributed by atoms with van der Waals surface area (Å²) in [5, 5.41) is 9.32. The number of ether oxygens (including phenoxy) is 2. The third-order valence-corrected chi connectivity index (χ3v) is 4.36. The summed E-state index contributed by atoms with van der Waals surface area (Å²) in [5.41, 5.74) is 0. The molecule has 0 fully saturated rings. The first-order valence-corrected chi connectivity index (χ1v) is 11.5. The van der Waals surface area contributed by atoms with Crippen molar-refractivity contribution in [1.29, 1.82) is 0 Å². The lowest BCUT2D eigenvalue weighted by molar-refractivity contribution is -0.159. The van der Waals surface area contributed by atoms with Crippen molar-refractivity contribution < 1.29 is 37.0 Å². The minimum Gasteiger partial charge on any atom is -0.456 e. The highest BCUT2D eigenvalue weighted by atomic mass is 16.6. The van der Waals surface area contributed by atoms with E-state index in [0.29, 0.717) is 0 Å². The van der Waals surface area contributed by atoms with Gasteiger partial charge in [-0.2, -0.15) is 0 Å². The molecule has 0 radical (unpaired) electrons. The third kappa shape index (κ3) is 23.3. The number of carbonyl (C=O) groups is 2. The summed E-state index contributed by atoms with van der Waals surface area (Å²) in [6.07, 6.45) is 11.2. The van der Waals surface area contributed by atoms with E-state index in [4.69, 9.17) is 9.47 Å². The Hall–Kier alpha value is -3.34. The molecule has 0 saturated heterocycles. The molecule has 0 aliphatic carbocycles. The van der Waals surface area contributed by atoms with E-state index in [9.17, 15) is 14.7 Å². The molecule has 0 aliphatic heterocycles. The zero-order chi connectivity index (χ0) is 24.4. The molecule has 0 unspecified atom stereocenters.